The van der Waals surface area contributed by atoms with Crippen molar-refractivity contribution in [2.45, 2.75) is 81.3 Å². The molecule has 21 heteroatoms. The van der Waals surface area contributed by atoms with Gasteiger partial charge in [-0.1, -0.05) is 164 Å². The molecule has 107 heavy (non-hydrogen) atoms. The number of nitrogens with two attached hydrogens (primary N) is 3. The van der Waals surface area contributed by atoms with E-state index < -0.39 is 10.1 Å². The standard InChI is InChI=1S/C33H29N5O3S.C29H28N6.C24H20N6/c1-21-7-12-27(13-8-21)42(39,40)41-19-22-15-26(16-22)38-18-28(31-32(34)35-20-36-33(31)38)25-10-9-24-11-14-29(37-30(24)17-25)23-5-3-2-4-6-23;30-28-27-24(17-35(29(27)32-18-31-28)23-13-19(14-23)16-34-11-4-12-34)22-8-7-21-9-10-25(33-26(21)15-22)20-5-2-1-3-6-20;25-23-19-20(30-21(14-7-4-8-14)22(19)27-13-28-23)16-9-10-17-12-26-24(29-18(17)11-16)15-5-2-1-3-6-15/h2-14,17-18,20,22,26H,15-16,19H2,1H3,(H2,34,35,36);1-3,5-10,15,17-19,23H,4,11-14,16H2,(H2,30,31,32);1-3,5-6,9-14,21H,4,7-8H2,(H2,25,27,28). The smallest absolute Gasteiger partial charge is 0.296 e. The molecule has 8 aromatic heterocycles. The first-order valence-electron chi connectivity index (χ1n) is 36.7. The normalized spacial score (nSPS) is 18.3. The minimum absolute atomic E-state index is 0.0787. The highest BCUT2D eigenvalue weighted by Gasteiger charge is 2.39. The lowest BCUT2D eigenvalue weighted by atomic mass is 9.79. The summed E-state index contributed by atoms with van der Waals surface area (Å²) in [5, 5.41) is 4.91. The van der Waals surface area contributed by atoms with Crippen molar-refractivity contribution in [2.24, 2.45) is 22.7 Å². The Hall–Kier alpha value is -12.0. The van der Waals surface area contributed by atoms with Gasteiger partial charge in [0.2, 0.25) is 0 Å². The van der Waals surface area contributed by atoms with Gasteiger partial charge >= 0.3 is 0 Å². The van der Waals surface area contributed by atoms with Crippen LogP contribution in [0.1, 0.15) is 91.9 Å². The Morgan fingerprint density at radius 2 is 0.991 bits per heavy atom. The molecule has 1 unspecified atom stereocenters. The molecule has 0 spiro atoms. The van der Waals surface area contributed by atoms with Crippen LogP contribution in [0, 0.1) is 24.7 Å². The van der Waals surface area contributed by atoms with Gasteiger partial charge in [-0.3, -0.25) is 9.18 Å². The molecule has 3 aliphatic carbocycles. The monoisotopic (exact) mass is 1430 g/mol. The van der Waals surface area contributed by atoms with Gasteiger partial charge in [-0.2, -0.15) is 8.42 Å². The number of hydrogen-bond donors (Lipinski definition) is 3. The largest absolute Gasteiger partial charge is 0.383 e. The molecule has 10 heterocycles. The third-order valence-corrected chi connectivity index (χ3v) is 23.3. The predicted molar refractivity (Wildman–Crippen MR) is 422 cm³/mol. The van der Waals surface area contributed by atoms with E-state index in [9.17, 15) is 8.42 Å². The number of rotatable bonds is 15. The van der Waals surface area contributed by atoms with Crippen LogP contribution in [0.2, 0.25) is 0 Å². The lowest BCUT2D eigenvalue weighted by Crippen LogP contribution is -2.43. The molecule has 20 rings (SSSR count). The zero-order valence-corrected chi connectivity index (χ0v) is 59.8. The molecule has 530 valence electrons. The fourth-order valence-electron chi connectivity index (χ4n) is 15.7. The van der Waals surface area contributed by atoms with E-state index in [0.717, 1.165) is 152 Å². The summed E-state index contributed by atoms with van der Waals surface area (Å²) in [4.78, 5) is 53.8. The van der Waals surface area contributed by atoms with Crippen molar-refractivity contribution < 1.29 is 12.6 Å². The summed E-state index contributed by atoms with van der Waals surface area (Å²) in [6, 6.07) is 65.1. The number of aryl methyl sites for hydroxylation is 1. The van der Waals surface area contributed by atoms with E-state index >= 15 is 0 Å². The van der Waals surface area contributed by atoms with E-state index in [4.69, 9.17) is 41.3 Å². The highest BCUT2D eigenvalue weighted by atomic mass is 32.2. The molecular formula is C86H77N17O3S. The summed E-state index contributed by atoms with van der Waals surface area (Å²) in [6.07, 6.45) is 19.8. The van der Waals surface area contributed by atoms with Crippen molar-refractivity contribution in [1.29, 1.82) is 0 Å². The van der Waals surface area contributed by atoms with Crippen LogP contribution < -0.4 is 17.2 Å². The van der Waals surface area contributed by atoms with E-state index in [2.05, 4.69) is 152 Å². The van der Waals surface area contributed by atoms with Gasteiger partial charge in [-0.25, -0.2) is 49.8 Å². The maximum absolute atomic E-state index is 12.6. The van der Waals surface area contributed by atoms with Crippen molar-refractivity contribution in [3.05, 3.63) is 254 Å². The van der Waals surface area contributed by atoms with Gasteiger partial charge in [0, 0.05) is 86.8 Å². The number of aromatic nitrogens is 12. The van der Waals surface area contributed by atoms with Crippen molar-refractivity contribution in [3.8, 4) is 56.2 Å². The molecule has 0 bridgehead atoms. The topological polar surface area (TPSA) is 276 Å². The van der Waals surface area contributed by atoms with Crippen molar-refractivity contribution in [3.63, 3.8) is 0 Å². The van der Waals surface area contributed by atoms with Crippen LogP contribution in [0.25, 0.3) is 111 Å². The molecule has 2 aliphatic heterocycles. The van der Waals surface area contributed by atoms with Gasteiger partial charge in [0.25, 0.3) is 10.1 Å². The Bertz CT molecular complexity index is 6020. The van der Waals surface area contributed by atoms with Crippen LogP contribution in [-0.2, 0) is 14.3 Å². The lowest BCUT2D eigenvalue weighted by Gasteiger charge is -2.42. The first-order chi connectivity index (χ1) is 52.4. The number of pyridine rings is 2. The Morgan fingerprint density at radius 1 is 0.486 bits per heavy atom. The molecule has 15 aromatic rings. The zero-order valence-electron chi connectivity index (χ0n) is 59.0. The van der Waals surface area contributed by atoms with Crippen molar-refractivity contribution in [1.82, 2.24) is 63.9 Å². The maximum Gasteiger partial charge on any atom is 0.296 e. The number of fused-ring (bicyclic) bond motifs is 6. The van der Waals surface area contributed by atoms with Crippen molar-refractivity contribution >= 4 is 88.1 Å². The van der Waals surface area contributed by atoms with Gasteiger partial charge in [-0.15, -0.1) is 0 Å². The fourth-order valence-corrected chi connectivity index (χ4v) is 16.7. The first-order valence-corrected chi connectivity index (χ1v) is 38.1. The minimum Gasteiger partial charge on any atom is -0.383 e. The highest BCUT2D eigenvalue weighted by Crippen LogP contribution is 2.48. The SMILES string of the molecule is Cc1ccc(S(=O)(=O)OCC2CC(n3cc(-c4ccc5ccc(-c6ccccc6)nc5c4)c4c(N)ncnc43)C2)cc1.Nc1ncnc2c1C(c1ccc3cnc(-c4ccccc4)nc3c1)=NC2C1CCC1.Nc1ncnc2c1c(-c1ccc3ccc(-c4ccccc4)nc3c1)cn2C1CC(CN2CCC2)C1. The van der Waals surface area contributed by atoms with E-state index in [1.165, 1.54) is 64.5 Å². The molecule has 5 aliphatic rings. The van der Waals surface area contributed by atoms with Crippen LogP contribution in [0.4, 0.5) is 17.5 Å². The average molecular weight is 1430 g/mol. The number of hydrogen-bond acceptors (Lipinski definition) is 18. The van der Waals surface area contributed by atoms with Gasteiger partial charge in [0.15, 0.2) is 5.82 Å². The molecule has 3 saturated carbocycles. The molecule has 4 fully saturated rings. The average Bonchev–Trinajstić information content (AvgIpc) is 1.62. The van der Waals surface area contributed by atoms with E-state index in [1.807, 2.05) is 92.0 Å². The van der Waals surface area contributed by atoms with Crippen molar-refractivity contribution in [2.75, 3.05) is 43.4 Å². The van der Waals surface area contributed by atoms with Gasteiger partial charge < -0.3 is 31.2 Å². The first kappa shape index (κ1) is 66.9. The van der Waals surface area contributed by atoms with Crippen LogP contribution in [0.5, 0.6) is 0 Å². The number of likely N-dealkylation sites (tertiary alicyclic amines) is 1. The third kappa shape index (κ3) is 13.1. The molecule has 20 nitrogen and oxygen atoms in total. The molecule has 0 radical (unpaired) electrons. The number of anilines is 3. The number of nitrogens with zero attached hydrogens (tertiary/aromatic N) is 14. The Morgan fingerprint density at radius 3 is 1.54 bits per heavy atom. The lowest BCUT2D eigenvalue weighted by molar-refractivity contribution is 0.0921. The van der Waals surface area contributed by atoms with Gasteiger partial charge in [0.05, 0.1) is 73.2 Å². The van der Waals surface area contributed by atoms with E-state index in [-0.39, 0.29) is 29.5 Å². The van der Waals surface area contributed by atoms with Crippen LogP contribution >= 0.6 is 0 Å². The number of benzene rings is 7. The third-order valence-electron chi connectivity index (χ3n) is 22.0. The van der Waals surface area contributed by atoms with Gasteiger partial charge in [0.1, 0.15) is 47.7 Å². The zero-order chi connectivity index (χ0) is 72.3. The van der Waals surface area contributed by atoms with Crippen LogP contribution in [-0.4, -0.2) is 104 Å². The summed E-state index contributed by atoms with van der Waals surface area (Å²) in [5.41, 5.74) is 37.4. The molecule has 1 atom stereocenters. The summed E-state index contributed by atoms with van der Waals surface area (Å²) in [6.45, 7) is 5.84. The predicted octanol–water partition coefficient (Wildman–Crippen LogP) is 16.5. The van der Waals surface area contributed by atoms with E-state index in [0.29, 0.717) is 35.2 Å². The quantitative estimate of drug-likeness (QED) is 0.0804. The molecule has 7 aromatic carbocycles. The molecule has 6 N–H and O–H groups in total. The minimum atomic E-state index is -3.79. The Balaban J connectivity index is 0.000000115. The Labute approximate surface area is 618 Å². The fraction of sp³-hybridized carbons (Fsp3) is 0.221. The number of aliphatic imine (C=N–C) groups is 1. The van der Waals surface area contributed by atoms with E-state index in [1.54, 1.807) is 36.9 Å². The summed E-state index contributed by atoms with van der Waals surface area (Å²) in [5.74, 6) is 3.60. The summed E-state index contributed by atoms with van der Waals surface area (Å²) in [7, 11) is -3.79. The molecule has 1 saturated heterocycles. The number of nitrogen functional groups attached to an aromatic ring is 3. The van der Waals surface area contributed by atoms with Gasteiger partial charge in [-0.05, 0) is 136 Å². The molecule has 0 amide bonds. The van der Waals surface area contributed by atoms with Crippen LogP contribution in [0.15, 0.2) is 242 Å². The van der Waals surface area contributed by atoms with Crippen LogP contribution in [0.3, 0.4) is 0 Å². The second kappa shape index (κ2) is 28.1. The summed E-state index contributed by atoms with van der Waals surface area (Å²) >= 11 is 0. The second-order valence-corrected chi connectivity index (χ2v) is 30.5. The second-order valence-electron chi connectivity index (χ2n) is 28.9. The maximum atomic E-state index is 12.6. The molecular weight excluding hydrogens is 1350 g/mol. The summed E-state index contributed by atoms with van der Waals surface area (Å²) < 4.78 is 35.2. The Kier molecular flexibility index (Phi) is 17.6. The highest BCUT2D eigenvalue weighted by molar-refractivity contribution is 7.86.